The number of halogens is 1. The average Bonchev–Trinajstić information content (AvgIpc) is 2.41. The number of hydrogen-bond acceptors (Lipinski definition) is 7. The number of rotatable bonds is 4. The molecule has 1 heterocycles. The number of nitro groups is 1. The summed E-state index contributed by atoms with van der Waals surface area (Å²) in [6.45, 7) is 0. The Kier molecular flexibility index (Phi) is 3.88. The molecule has 0 spiro atoms. The summed E-state index contributed by atoms with van der Waals surface area (Å²) < 4.78 is 5.65. The summed E-state index contributed by atoms with van der Waals surface area (Å²) in [7, 11) is 0. The third-order valence-corrected chi connectivity index (χ3v) is 2.91. The lowest BCUT2D eigenvalue weighted by atomic mass is 10.3. The molecule has 8 nitrogen and oxygen atoms in total. The normalized spacial score (nSPS) is 10.0. The first kappa shape index (κ1) is 13.2. The number of hydrogen-bond donors (Lipinski definition) is 2. The van der Waals surface area contributed by atoms with Crippen LogP contribution in [0.5, 0.6) is 11.6 Å². The molecule has 0 radical (unpaired) electrons. The average molecular weight is 326 g/mol. The second kappa shape index (κ2) is 5.59. The zero-order chi connectivity index (χ0) is 13.8. The van der Waals surface area contributed by atoms with Gasteiger partial charge in [-0.3, -0.25) is 15.1 Å². The van der Waals surface area contributed by atoms with Crippen LogP contribution in [-0.4, -0.2) is 14.9 Å². The Bertz CT molecular complexity index is 622. The maximum atomic E-state index is 10.8. The van der Waals surface area contributed by atoms with E-state index in [2.05, 4.69) is 31.3 Å². The molecule has 9 heteroatoms. The molecular weight excluding hydrogens is 318 g/mol. The van der Waals surface area contributed by atoms with Crippen LogP contribution in [0.4, 0.5) is 11.5 Å². The van der Waals surface area contributed by atoms with Crippen LogP contribution in [-0.2, 0) is 0 Å². The minimum atomic E-state index is -0.513. The summed E-state index contributed by atoms with van der Waals surface area (Å²) in [6, 6.07) is 4.44. The van der Waals surface area contributed by atoms with E-state index in [4.69, 9.17) is 10.6 Å². The van der Waals surface area contributed by atoms with E-state index in [0.29, 0.717) is 5.82 Å². The Morgan fingerprint density at radius 3 is 2.89 bits per heavy atom. The van der Waals surface area contributed by atoms with Crippen LogP contribution in [0.2, 0.25) is 0 Å². The van der Waals surface area contributed by atoms with Gasteiger partial charge < -0.3 is 10.2 Å². The number of nitrogens with one attached hydrogen (secondary N) is 1. The number of benzene rings is 1. The molecule has 0 aliphatic rings. The highest BCUT2D eigenvalue weighted by atomic mass is 79.9. The van der Waals surface area contributed by atoms with E-state index in [-0.39, 0.29) is 21.8 Å². The zero-order valence-electron chi connectivity index (χ0n) is 9.41. The predicted octanol–water partition coefficient (Wildman–Crippen LogP) is 2.23. The first-order valence-electron chi connectivity index (χ1n) is 5.01. The number of anilines is 1. The van der Waals surface area contributed by atoms with Crippen molar-refractivity contribution in [3.63, 3.8) is 0 Å². The fourth-order valence-corrected chi connectivity index (χ4v) is 1.79. The molecule has 0 atom stereocenters. The minimum absolute atomic E-state index is 0.0986. The molecule has 19 heavy (non-hydrogen) atoms. The molecule has 0 fully saturated rings. The zero-order valence-corrected chi connectivity index (χ0v) is 11.0. The predicted molar refractivity (Wildman–Crippen MR) is 70.7 cm³/mol. The largest absolute Gasteiger partial charge is 0.436 e. The first-order valence-corrected chi connectivity index (χ1v) is 5.80. The van der Waals surface area contributed by atoms with Gasteiger partial charge in [-0.2, -0.15) is 4.98 Å². The monoisotopic (exact) mass is 325 g/mol. The van der Waals surface area contributed by atoms with Crippen LogP contribution in [0.1, 0.15) is 0 Å². The summed E-state index contributed by atoms with van der Waals surface area (Å²) in [5, 5.41) is 10.8. The fourth-order valence-electron chi connectivity index (χ4n) is 1.30. The summed E-state index contributed by atoms with van der Waals surface area (Å²) >= 11 is 3.12. The van der Waals surface area contributed by atoms with E-state index in [1.54, 1.807) is 6.07 Å². The van der Waals surface area contributed by atoms with E-state index in [1.807, 2.05) is 0 Å². The van der Waals surface area contributed by atoms with Gasteiger partial charge in [-0.1, -0.05) is 6.07 Å². The number of nitrogen functional groups attached to an aromatic ring is 1. The quantitative estimate of drug-likeness (QED) is 0.502. The van der Waals surface area contributed by atoms with Crippen LogP contribution in [0, 0.1) is 10.1 Å². The molecule has 0 bridgehead atoms. The van der Waals surface area contributed by atoms with Gasteiger partial charge in [0, 0.05) is 6.07 Å². The molecule has 3 N–H and O–H groups in total. The molecule has 98 valence electrons. The van der Waals surface area contributed by atoms with E-state index in [1.165, 1.54) is 24.5 Å². The van der Waals surface area contributed by atoms with Crippen LogP contribution in [0.3, 0.4) is 0 Å². The van der Waals surface area contributed by atoms with Gasteiger partial charge in [-0.15, -0.1) is 0 Å². The fraction of sp³-hybridized carbons (Fsp3) is 0. The van der Waals surface area contributed by atoms with Crippen molar-refractivity contribution in [2.45, 2.75) is 0 Å². The maximum absolute atomic E-state index is 10.8. The Hall–Kier alpha value is -2.26. The van der Waals surface area contributed by atoms with E-state index in [0.717, 1.165) is 0 Å². The lowest BCUT2D eigenvalue weighted by Gasteiger charge is -2.07. The topological polar surface area (TPSA) is 116 Å². The molecular formula is C10H8BrN5O3. The highest BCUT2D eigenvalue weighted by Crippen LogP contribution is 2.35. The van der Waals surface area contributed by atoms with Crippen LogP contribution in [0.25, 0.3) is 0 Å². The van der Waals surface area contributed by atoms with Crippen molar-refractivity contribution in [3.8, 4) is 11.6 Å². The summed E-state index contributed by atoms with van der Waals surface area (Å²) in [5.41, 5.74) is 2.23. The molecule has 1 aromatic heterocycles. The molecule has 2 rings (SSSR count). The van der Waals surface area contributed by atoms with Crippen molar-refractivity contribution in [2.75, 3.05) is 5.43 Å². The van der Waals surface area contributed by atoms with Crippen molar-refractivity contribution in [1.29, 1.82) is 0 Å². The summed E-state index contributed by atoms with van der Waals surface area (Å²) in [4.78, 5) is 18.1. The Labute approximate surface area is 115 Å². The van der Waals surface area contributed by atoms with Crippen molar-refractivity contribution in [1.82, 2.24) is 9.97 Å². The van der Waals surface area contributed by atoms with E-state index < -0.39 is 4.92 Å². The van der Waals surface area contributed by atoms with Crippen molar-refractivity contribution >= 4 is 27.4 Å². The maximum Gasteiger partial charge on any atom is 0.287 e. The third kappa shape index (κ3) is 2.95. The standard InChI is InChI=1S/C10H8BrN5O3/c11-10-6(16(17)18)2-1-3-7(10)19-9-5-13-4-8(14-9)15-12/h1-5H,12H2,(H,14,15). The van der Waals surface area contributed by atoms with Gasteiger partial charge in [0.05, 0.1) is 17.3 Å². The number of aromatic nitrogens is 2. The molecule has 0 saturated heterocycles. The van der Waals surface area contributed by atoms with Crippen LogP contribution in [0.15, 0.2) is 35.1 Å². The van der Waals surface area contributed by atoms with Gasteiger partial charge in [0.15, 0.2) is 11.6 Å². The first-order chi connectivity index (χ1) is 9.11. The molecule has 1 aromatic carbocycles. The van der Waals surface area contributed by atoms with Crippen LogP contribution >= 0.6 is 15.9 Å². The third-order valence-electron chi connectivity index (χ3n) is 2.11. The van der Waals surface area contributed by atoms with E-state index in [9.17, 15) is 10.1 Å². The minimum Gasteiger partial charge on any atom is -0.436 e. The second-order valence-electron chi connectivity index (χ2n) is 3.34. The lowest BCUT2D eigenvalue weighted by molar-refractivity contribution is -0.385. The number of nitrogens with two attached hydrogens (primary N) is 1. The van der Waals surface area contributed by atoms with Gasteiger partial charge in [0.1, 0.15) is 4.47 Å². The SMILES string of the molecule is NNc1cncc(Oc2cccc([N+](=O)[O-])c2Br)n1. The van der Waals surface area contributed by atoms with Gasteiger partial charge in [0.25, 0.3) is 5.69 Å². The van der Waals surface area contributed by atoms with Gasteiger partial charge in [-0.25, -0.2) is 5.84 Å². The molecule has 0 unspecified atom stereocenters. The molecule has 0 aliphatic carbocycles. The van der Waals surface area contributed by atoms with Crippen LogP contribution < -0.4 is 16.0 Å². The Morgan fingerprint density at radius 2 is 2.21 bits per heavy atom. The smallest absolute Gasteiger partial charge is 0.287 e. The molecule has 2 aromatic rings. The molecule has 0 saturated carbocycles. The lowest BCUT2D eigenvalue weighted by Crippen LogP contribution is -2.09. The highest BCUT2D eigenvalue weighted by molar-refractivity contribution is 9.10. The van der Waals surface area contributed by atoms with Crippen molar-refractivity contribution < 1.29 is 9.66 Å². The Morgan fingerprint density at radius 1 is 1.42 bits per heavy atom. The number of ether oxygens (including phenoxy) is 1. The van der Waals surface area contributed by atoms with E-state index >= 15 is 0 Å². The molecule has 0 amide bonds. The number of nitro benzene ring substituents is 1. The Balaban J connectivity index is 2.33. The number of hydrazine groups is 1. The molecule has 0 aliphatic heterocycles. The highest BCUT2D eigenvalue weighted by Gasteiger charge is 2.16. The van der Waals surface area contributed by atoms with Crippen molar-refractivity contribution in [2.24, 2.45) is 5.84 Å². The van der Waals surface area contributed by atoms with Gasteiger partial charge in [-0.05, 0) is 22.0 Å². The van der Waals surface area contributed by atoms with Crippen molar-refractivity contribution in [3.05, 3.63) is 45.2 Å². The van der Waals surface area contributed by atoms with Gasteiger partial charge in [0.2, 0.25) is 5.88 Å². The second-order valence-corrected chi connectivity index (χ2v) is 4.13. The number of nitrogens with zero attached hydrogens (tertiary/aromatic N) is 3. The summed E-state index contributed by atoms with van der Waals surface area (Å²) in [6.07, 6.45) is 2.78. The summed E-state index contributed by atoms with van der Waals surface area (Å²) in [5.74, 6) is 5.94. The van der Waals surface area contributed by atoms with Gasteiger partial charge >= 0.3 is 0 Å².